The molecule has 1 atom stereocenters. The summed E-state index contributed by atoms with van der Waals surface area (Å²) in [6.07, 6.45) is 4.78. The fourth-order valence-electron chi connectivity index (χ4n) is 4.34. The zero-order chi connectivity index (χ0) is 21.2. The van der Waals surface area contributed by atoms with Crippen LogP contribution in [0.4, 0.5) is 5.69 Å². The number of rotatable bonds is 4. The molecular weight excluding hydrogens is 394 g/mol. The molecule has 4 heterocycles. The highest BCUT2D eigenvalue weighted by molar-refractivity contribution is 5.94. The predicted molar refractivity (Wildman–Crippen MR) is 117 cm³/mol. The molecule has 0 saturated carbocycles. The van der Waals surface area contributed by atoms with Gasteiger partial charge in [0.1, 0.15) is 5.82 Å². The molecule has 1 aromatic carbocycles. The minimum absolute atomic E-state index is 0.0131. The van der Waals surface area contributed by atoms with E-state index < -0.39 is 0 Å². The van der Waals surface area contributed by atoms with E-state index in [4.69, 9.17) is 9.47 Å². The summed E-state index contributed by atoms with van der Waals surface area (Å²) in [5.74, 6) is 2.77. The van der Waals surface area contributed by atoms with Crippen LogP contribution >= 0.6 is 0 Å². The molecule has 31 heavy (non-hydrogen) atoms. The first-order chi connectivity index (χ1) is 15.2. The third-order valence-corrected chi connectivity index (χ3v) is 6.18. The molecule has 0 spiro atoms. The first-order valence-corrected chi connectivity index (χ1v) is 10.9. The summed E-state index contributed by atoms with van der Waals surface area (Å²) in [6, 6.07) is 11.3. The third-order valence-electron chi connectivity index (χ3n) is 6.18. The molecule has 5 rings (SSSR count). The lowest BCUT2D eigenvalue weighted by atomic mass is 9.95. The highest BCUT2D eigenvalue weighted by atomic mass is 16.5. The van der Waals surface area contributed by atoms with Gasteiger partial charge in [-0.2, -0.15) is 0 Å². The highest BCUT2D eigenvalue weighted by Crippen LogP contribution is 2.33. The first kappa shape index (κ1) is 19.8. The molecule has 2 aromatic heterocycles. The maximum absolute atomic E-state index is 12.9. The van der Waals surface area contributed by atoms with Crippen LogP contribution in [-0.4, -0.2) is 57.8 Å². The summed E-state index contributed by atoms with van der Waals surface area (Å²) >= 11 is 0. The van der Waals surface area contributed by atoms with Gasteiger partial charge in [0, 0.05) is 30.3 Å². The second kappa shape index (κ2) is 8.55. The Morgan fingerprint density at radius 2 is 1.90 bits per heavy atom. The largest absolute Gasteiger partial charge is 0.490 e. The van der Waals surface area contributed by atoms with Crippen LogP contribution < -0.4 is 14.8 Å². The molecule has 8 heteroatoms. The summed E-state index contributed by atoms with van der Waals surface area (Å²) in [5, 5.41) is 11.7. The van der Waals surface area contributed by atoms with Gasteiger partial charge in [-0.05, 0) is 57.1 Å². The molecule has 1 unspecified atom stereocenters. The van der Waals surface area contributed by atoms with Gasteiger partial charge in [-0.15, -0.1) is 10.2 Å². The second-order valence-corrected chi connectivity index (χ2v) is 8.17. The molecule has 162 valence electrons. The van der Waals surface area contributed by atoms with Gasteiger partial charge < -0.3 is 14.8 Å². The van der Waals surface area contributed by atoms with Gasteiger partial charge in [-0.3, -0.25) is 14.1 Å². The number of hydrogen-bond donors (Lipinski definition) is 1. The number of nitrogens with one attached hydrogen (secondary N) is 1. The number of ether oxygens (including phenoxy) is 2. The summed E-state index contributed by atoms with van der Waals surface area (Å²) in [4.78, 5) is 15.1. The maximum Gasteiger partial charge on any atom is 0.241 e. The van der Waals surface area contributed by atoms with Crippen molar-refractivity contribution in [3.63, 3.8) is 0 Å². The van der Waals surface area contributed by atoms with Crippen molar-refractivity contribution < 1.29 is 14.3 Å². The second-order valence-electron chi connectivity index (χ2n) is 8.17. The van der Waals surface area contributed by atoms with Crippen LogP contribution in [0.3, 0.4) is 0 Å². The third kappa shape index (κ3) is 4.07. The fraction of sp³-hybridized carbons (Fsp3) is 0.435. The number of amides is 1. The lowest BCUT2D eigenvalue weighted by Gasteiger charge is -2.34. The minimum atomic E-state index is -0.216. The molecule has 0 radical (unpaired) electrons. The zero-order valence-corrected chi connectivity index (χ0v) is 17.7. The van der Waals surface area contributed by atoms with Gasteiger partial charge in [-0.25, -0.2) is 0 Å². The smallest absolute Gasteiger partial charge is 0.241 e. The summed E-state index contributed by atoms with van der Waals surface area (Å²) in [6.45, 7) is 4.93. The SMILES string of the molecule is CC(C(=O)Nc1ccc2c(c1)OCCCO2)N1CCC(c2nnc3ccccn23)CC1. The lowest BCUT2D eigenvalue weighted by molar-refractivity contribution is -0.121. The Labute approximate surface area is 181 Å². The van der Waals surface area contributed by atoms with E-state index in [1.807, 2.05) is 49.5 Å². The molecule has 0 aliphatic carbocycles. The van der Waals surface area contributed by atoms with Crippen molar-refractivity contribution in [1.82, 2.24) is 19.5 Å². The van der Waals surface area contributed by atoms with Crippen molar-refractivity contribution in [2.24, 2.45) is 0 Å². The molecule has 1 amide bonds. The first-order valence-electron chi connectivity index (χ1n) is 10.9. The fourth-order valence-corrected chi connectivity index (χ4v) is 4.34. The van der Waals surface area contributed by atoms with Gasteiger partial charge in [0.15, 0.2) is 17.1 Å². The van der Waals surface area contributed by atoms with Gasteiger partial charge in [-0.1, -0.05) is 6.07 Å². The van der Waals surface area contributed by atoms with Crippen molar-refractivity contribution in [3.05, 3.63) is 48.4 Å². The molecule has 1 N–H and O–H groups in total. The Morgan fingerprint density at radius 1 is 1.10 bits per heavy atom. The van der Waals surface area contributed by atoms with Gasteiger partial charge >= 0.3 is 0 Å². The van der Waals surface area contributed by atoms with E-state index in [0.29, 0.717) is 24.9 Å². The standard InChI is InChI=1S/C23H27N5O3/c1-16(23(29)24-18-6-7-19-20(15-18)31-14-4-13-30-19)27-11-8-17(9-12-27)22-26-25-21-5-2-3-10-28(21)22/h2-3,5-7,10,15-17H,4,8-9,11-14H2,1H3,(H,24,29). The number of pyridine rings is 1. The summed E-state index contributed by atoms with van der Waals surface area (Å²) in [5.41, 5.74) is 1.61. The number of nitrogens with zero attached hydrogens (tertiary/aromatic N) is 4. The number of carbonyl (C=O) groups excluding carboxylic acids is 1. The van der Waals surface area contributed by atoms with E-state index in [2.05, 4.69) is 24.8 Å². The molecule has 2 aliphatic heterocycles. The molecule has 1 saturated heterocycles. The average molecular weight is 422 g/mol. The van der Waals surface area contributed by atoms with E-state index in [0.717, 1.165) is 55.3 Å². The zero-order valence-electron chi connectivity index (χ0n) is 17.7. The van der Waals surface area contributed by atoms with E-state index in [1.165, 1.54) is 0 Å². The predicted octanol–water partition coefficient (Wildman–Crippen LogP) is 3.10. The Balaban J connectivity index is 1.20. The number of aromatic nitrogens is 3. The number of hydrogen-bond acceptors (Lipinski definition) is 6. The Kier molecular flexibility index (Phi) is 5.46. The van der Waals surface area contributed by atoms with E-state index >= 15 is 0 Å². The Morgan fingerprint density at radius 3 is 2.74 bits per heavy atom. The number of carbonyl (C=O) groups is 1. The monoisotopic (exact) mass is 421 g/mol. The van der Waals surface area contributed by atoms with Crippen molar-refractivity contribution in [2.75, 3.05) is 31.6 Å². The Hall–Kier alpha value is -3.13. The van der Waals surface area contributed by atoms with E-state index in [-0.39, 0.29) is 11.9 Å². The van der Waals surface area contributed by atoms with Crippen molar-refractivity contribution in [2.45, 2.75) is 38.1 Å². The van der Waals surface area contributed by atoms with Crippen LogP contribution in [-0.2, 0) is 4.79 Å². The summed E-state index contributed by atoms with van der Waals surface area (Å²) < 4.78 is 13.5. The molecular formula is C23H27N5O3. The van der Waals surface area contributed by atoms with Crippen LogP contribution in [0.1, 0.15) is 37.9 Å². The van der Waals surface area contributed by atoms with Crippen LogP contribution in [0.15, 0.2) is 42.6 Å². The van der Waals surface area contributed by atoms with Crippen LogP contribution in [0.25, 0.3) is 5.65 Å². The lowest BCUT2D eigenvalue weighted by Crippen LogP contribution is -2.45. The topological polar surface area (TPSA) is 81.0 Å². The number of benzene rings is 1. The van der Waals surface area contributed by atoms with Crippen molar-refractivity contribution in [1.29, 1.82) is 0 Å². The number of fused-ring (bicyclic) bond motifs is 2. The minimum Gasteiger partial charge on any atom is -0.490 e. The van der Waals surface area contributed by atoms with Crippen LogP contribution in [0, 0.1) is 0 Å². The maximum atomic E-state index is 12.9. The Bertz CT molecular complexity index is 1070. The molecule has 1 fully saturated rings. The summed E-state index contributed by atoms with van der Waals surface area (Å²) in [7, 11) is 0. The van der Waals surface area contributed by atoms with Crippen LogP contribution in [0.5, 0.6) is 11.5 Å². The highest BCUT2D eigenvalue weighted by Gasteiger charge is 2.29. The normalized spacial score (nSPS) is 18.5. The quantitative estimate of drug-likeness (QED) is 0.697. The van der Waals surface area contributed by atoms with E-state index in [1.54, 1.807) is 0 Å². The molecule has 2 aliphatic rings. The van der Waals surface area contributed by atoms with Crippen molar-refractivity contribution in [3.8, 4) is 11.5 Å². The van der Waals surface area contributed by atoms with Gasteiger partial charge in [0.2, 0.25) is 5.91 Å². The number of piperidine rings is 1. The number of likely N-dealkylation sites (tertiary alicyclic amines) is 1. The van der Waals surface area contributed by atoms with Gasteiger partial charge in [0.25, 0.3) is 0 Å². The van der Waals surface area contributed by atoms with Gasteiger partial charge in [0.05, 0.1) is 19.3 Å². The molecule has 8 nitrogen and oxygen atoms in total. The number of anilines is 1. The average Bonchev–Trinajstić information content (AvgIpc) is 3.10. The molecule has 0 bridgehead atoms. The van der Waals surface area contributed by atoms with Crippen LogP contribution in [0.2, 0.25) is 0 Å². The van der Waals surface area contributed by atoms with E-state index in [9.17, 15) is 4.79 Å². The van der Waals surface area contributed by atoms with Crippen molar-refractivity contribution >= 4 is 17.2 Å². The molecule has 3 aromatic rings.